The van der Waals surface area contributed by atoms with Gasteiger partial charge in [0.05, 0.1) is 5.60 Å². The first-order valence-corrected chi connectivity index (χ1v) is 12.9. The van der Waals surface area contributed by atoms with E-state index in [-0.39, 0.29) is 0 Å². The van der Waals surface area contributed by atoms with Crippen LogP contribution in [0.5, 0.6) is 0 Å². The van der Waals surface area contributed by atoms with Crippen LogP contribution < -0.4 is 0 Å². The van der Waals surface area contributed by atoms with Gasteiger partial charge < -0.3 is 5.11 Å². The standard InChI is InChI=1S/C27H46O2/c1-25(2,29)15-6-5-8-19-9-7-10-23-22-12-11-20-18-21(28)13-16-27(20,4)24(22)14-17-26(19,23)3/h19-20,22-24,29H,5-18H2,1-4H3/t19?,20?,22?,23?,24?,26-,27+/m1/s1. The Morgan fingerprint density at radius 3 is 2.48 bits per heavy atom. The summed E-state index contributed by atoms with van der Waals surface area (Å²) < 4.78 is 0. The first-order chi connectivity index (χ1) is 13.6. The second-order valence-electron chi connectivity index (χ2n) is 12.6. The van der Waals surface area contributed by atoms with Crippen LogP contribution in [0.3, 0.4) is 0 Å². The van der Waals surface area contributed by atoms with Crippen molar-refractivity contribution in [3.8, 4) is 0 Å². The number of carbonyl (C=O) groups is 1. The van der Waals surface area contributed by atoms with E-state index in [1.807, 2.05) is 13.8 Å². The smallest absolute Gasteiger partial charge is 0.133 e. The predicted octanol–water partition coefficient (Wildman–Crippen LogP) is 6.94. The van der Waals surface area contributed by atoms with Crippen molar-refractivity contribution in [3.63, 3.8) is 0 Å². The quantitative estimate of drug-likeness (QED) is 0.506. The second-order valence-corrected chi connectivity index (χ2v) is 12.6. The van der Waals surface area contributed by atoms with Crippen molar-refractivity contribution in [2.75, 3.05) is 0 Å². The fraction of sp³-hybridized carbons (Fsp3) is 0.963. The van der Waals surface area contributed by atoms with Crippen LogP contribution in [-0.2, 0) is 4.79 Å². The SMILES string of the molecule is CC(C)(O)CCCCC1CCCC2C3CCC4CC(=O)CC[C@]4(C)C3CC[C@]12C. The molecule has 2 nitrogen and oxygen atoms in total. The van der Waals surface area contributed by atoms with Gasteiger partial charge in [0.2, 0.25) is 0 Å². The maximum atomic E-state index is 12.1. The van der Waals surface area contributed by atoms with Gasteiger partial charge in [-0.2, -0.15) is 0 Å². The number of rotatable bonds is 5. The molecule has 5 unspecified atom stereocenters. The Morgan fingerprint density at radius 2 is 1.72 bits per heavy atom. The largest absolute Gasteiger partial charge is 0.390 e. The molecule has 29 heavy (non-hydrogen) atoms. The molecule has 0 saturated heterocycles. The monoisotopic (exact) mass is 402 g/mol. The van der Waals surface area contributed by atoms with Gasteiger partial charge in [-0.25, -0.2) is 0 Å². The van der Waals surface area contributed by atoms with Crippen molar-refractivity contribution < 1.29 is 9.90 Å². The molecule has 4 fully saturated rings. The average molecular weight is 403 g/mol. The van der Waals surface area contributed by atoms with Crippen molar-refractivity contribution in [1.29, 1.82) is 0 Å². The molecular weight excluding hydrogens is 356 g/mol. The topological polar surface area (TPSA) is 37.3 Å². The van der Waals surface area contributed by atoms with Crippen molar-refractivity contribution >= 4 is 5.78 Å². The first kappa shape index (κ1) is 21.8. The highest BCUT2D eigenvalue weighted by Crippen LogP contribution is 2.66. The first-order valence-electron chi connectivity index (χ1n) is 12.9. The molecule has 0 aromatic carbocycles. The van der Waals surface area contributed by atoms with Crippen LogP contribution in [0.4, 0.5) is 0 Å². The molecule has 0 spiro atoms. The Morgan fingerprint density at radius 1 is 0.966 bits per heavy atom. The number of carbonyl (C=O) groups excluding carboxylic acids is 1. The summed E-state index contributed by atoms with van der Waals surface area (Å²) >= 11 is 0. The lowest BCUT2D eigenvalue weighted by molar-refractivity contribution is -0.151. The minimum atomic E-state index is -0.507. The van der Waals surface area contributed by atoms with E-state index < -0.39 is 5.60 Å². The highest BCUT2D eigenvalue weighted by atomic mass is 16.3. The van der Waals surface area contributed by atoms with Gasteiger partial charge in [0.1, 0.15) is 5.78 Å². The summed E-state index contributed by atoms with van der Waals surface area (Å²) in [5.41, 5.74) is 0.478. The molecule has 4 rings (SSSR count). The van der Waals surface area contributed by atoms with E-state index in [0.717, 1.165) is 42.9 Å². The zero-order valence-electron chi connectivity index (χ0n) is 19.6. The molecule has 0 aliphatic heterocycles. The molecule has 1 N–H and O–H groups in total. The molecule has 4 saturated carbocycles. The minimum absolute atomic E-state index is 0.442. The highest BCUT2D eigenvalue weighted by molar-refractivity contribution is 5.79. The lowest BCUT2D eigenvalue weighted by Gasteiger charge is -2.63. The van der Waals surface area contributed by atoms with E-state index >= 15 is 0 Å². The number of aliphatic hydroxyl groups is 1. The van der Waals surface area contributed by atoms with Crippen LogP contribution in [0.15, 0.2) is 0 Å². The van der Waals surface area contributed by atoms with Gasteiger partial charge in [-0.1, -0.05) is 33.1 Å². The zero-order valence-corrected chi connectivity index (χ0v) is 19.6. The molecule has 2 heteroatoms. The second kappa shape index (κ2) is 7.95. The van der Waals surface area contributed by atoms with Gasteiger partial charge in [-0.15, -0.1) is 0 Å². The summed E-state index contributed by atoms with van der Waals surface area (Å²) in [5.74, 6) is 4.82. The van der Waals surface area contributed by atoms with E-state index in [4.69, 9.17) is 0 Å². The normalized spacial score (nSPS) is 45.3. The molecule has 0 heterocycles. The van der Waals surface area contributed by atoms with E-state index in [1.165, 1.54) is 70.6 Å². The van der Waals surface area contributed by atoms with Crippen molar-refractivity contribution in [3.05, 3.63) is 0 Å². The van der Waals surface area contributed by atoms with Crippen molar-refractivity contribution in [1.82, 2.24) is 0 Å². The zero-order chi connectivity index (χ0) is 20.9. The lowest BCUT2D eigenvalue weighted by Crippen LogP contribution is -2.56. The van der Waals surface area contributed by atoms with Gasteiger partial charge in [0.15, 0.2) is 0 Å². The van der Waals surface area contributed by atoms with Crippen molar-refractivity contribution in [2.24, 2.45) is 40.4 Å². The van der Waals surface area contributed by atoms with Crippen LogP contribution in [0.25, 0.3) is 0 Å². The third-order valence-corrected chi connectivity index (χ3v) is 10.5. The Kier molecular flexibility index (Phi) is 5.99. The number of hydrogen-bond acceptors (Lipinski definition) is 2. The van der Waals surface area contributed by atoms with Crippen LogP contribution in [0.2, 0.25) is 0 Å². The fourth-order valence-electron chi connectivity index (χ4n) is 8.78. The van der Waals surface area contributed by atoms with Crippen LogP contribution in [-0.4, -0.2) is 16.5 Å². The summed E-state index contributed by atoms with van der Waals surface area (Å²) in [4.78, 5) is 12.1. The minimum Gasteiger partial charge on any atom is -0.390 e. The molecule has 166 valence electrons. The molecule has 7 atom stereocenters. The summed E-state index contributed by atoms with van der Waals surface area (Å²) in [6.45, 7) is 9.12. The summed E-state index contributed by atoms with van der Waals surface area (Å²) in [5, 5.41) is 10.0. The number of Topliss-reactive ketones (excluding diaryl/α,β-unsaturated/α-hetero) is 1. The Bertz CT molecular complexity index is 604. The van der Waals surface area contributed by atoms with Gasteiger partial charge in [0, 0.05) is 12.8 Å². The summed E-state index contributed by atoms with van der Waals surface area (Å²) in [6.07, 6.45) is 17.5. The molecule has 4 aliphatic rings. The van der Waals surface area contributed by atoms with Crippen LogP contribution in [0, 0.1) is 40.4 Å². The fourth-order valence-corrected chi connectivity index (χ4v) is 8.78. The van der Waals surface area contributed by atoms with Crippen molar-refractivity contribution in [2.45, 2.75) is 123 Å². The third kappa shape index (κ3) is 4.09. The summed E-state index contributed by atoms with van der Waals surface area (Å²) in [6, 6.07) is 0. The van der Waals surface area contributed by atoms with Gasteiger partial charge in [0.25, 0.3) is 0 Å². The van der Waals surface area contributed by atoms with Crippen LogP contribution in [0.1, 0.15) is 118 Å². The molecule has 4 aliphatic carbocycles. The molecule has 0 aromatic rings. The lowest BCUT2D eigenvalue weighted by atomic mass is 9.41. The number of hydrogen-bond donors (Lipinski definition) is 1. The van der Waals surface area contributed by atoms with Gasteiger partial charge in [-0.05, 0) is 112 Å². The molecule has 0 amide bonds. The summed E-state index contributed by atoms with van der Waals surface area (Å²) in [7, 11) is 0. The number of fused-ring (bicyclic) bond motifs is 5. The van der Waals surface area contributed by atoms with E-state index in [2.05, 4.69) is 13.8 Å². The number of unbranched alkanes of at least 4 members (excludes halogenated alkanes) is 1. The molecule has 0 radical (unpaired) electrons. The van der Waals surface area contributed by atoms with Crippen LogP contribution >= 0.6 is 0 Å². The Hall–Kier alpha value is -0.370. The molecule has 0 aromatic heterocycles. The average Bonchev–Trinajstić information content (AvgIpc) is 2.65. The highest BCUT2D eigenvalue weighted by Gasteiger charge is 2.58. The van der Waals surface area contributed by atoms with Gasteiger partial charge >= 0.3 is 0 Å². The van der Waals surface area contributed by atoms with Gasteiger partial charge in [-0.3, -0.25) is 4.79 Å². The molecular formula is C27H46O2. The Labute approximate surface area is 179 Å². The maximum Gasteiger partial charge on any atom is 0.133 e. The Balaban J connectivity index is 1.44. The van der Waals surface area contributed by atoms with E-state index in [9.17, 15) is 9.90 Å². The van der Waals surface area contributed by atoms with E-state index in [1.54, 1.807) is 0 Å². The predicted molar refractivity (Wildman–Crippen MR) is 120 cm³/mol. The van der Waals surface area contributed by atoms with E-state index in [0.29, 0.717) is 22.5 Å². The number of ketones is 1. The molecule has 0 bridgehead atoms. The maximum absolute atomic E-state index is 12.1. The third-order valence-electron chi connectivity index (χ3n) is 10.5.